The Morgan fingerprint density at radius 2 is 2.04 bits per heavy atom. The molecule has 1 aliphatic heterocycles. The van der Waals surface area contributed by atoms with Crippen LogP contribution in [-0.2, 0) is 11.3 Å². The molecule has 1 saturated heterocycles. The summed E-state index contributed by atoms with van der Waals surface area (Å²) in [5, 5.41) is 0. The molecular weight excluding hydrogens is 338 g/mol. The van der Waals surface area contributed by atoms with Gasteiger partial charge in [-0.3, -0.25) is 9.69 Å². The Balaban J connectivity index is 1.65. The second-order valence-corrected chi connectivity index (χ2v) is 7.01. The van der Waals surface area contributed by atoms with E-state index < -0.39 is 0 Å². The summed E-state index contributed by atoms with van der Waals surface area (Å²) in [7, 11) is 1.65. The van der Waals surface area contributed by atoms with Gasteiger partial charge in [-0.25, -0.2) is 4.98 Å². The summed E-state index contributed by atoms with van der Waals surface area (Å²) < 4.78 is 11.2. The van der Waals surface area contributed by atoms with Crippen molar-refractivity contribution in [3.05, 3.63) is 46.5 Å². The molecule has 0 spiro atoms. The molecule has 3 aromatic rings. The fourth-order valence-corrected chi connectivity index (χ4v) is 3.93. The summed E-state index contributed by atoms with van der Waals surface area (Å²) in [4.78, 5) is 23.3. The smallest absolute Gasteiger partial charge is 0.268 e. The van der Waals surface area contributed by atoms with E-state index in [1.54, 1.807) is 7.11 Å². The van der Waals surface area contributed by atoms with Gasteiger partial charge >= 0.3 is 0 Å². The monoisotopic (exact) mass is 357 g/mol. The van der Waals surface area contributed by atoms with E-state index in [1.165, 1.54) is 11.3 Å². The Morgan fingerprint density at radius 3 is 2.76 bits per heavy atom. The van der Waals surface area contributed by atoms with Gasteiger partial charge in [-0.15, -0.1) is 11.3 Å². The summed E-state index contributed by atoms with van der Waals surface area (Å²) in [5.74, 6) is 1.52. The predicted octanol–water partition coefficient (Wildman–Crippen LogP) is 2.49. The molecule has 0 unspecified atom stereocenters. The molecule has 0 bridgehead atoms. The molecule has 1 aliphatic rings. The van der Waals surface area contributed by atoms with Gasteiger partial charge < -0.3 is 14.5 Å². The molecule has 0 aliphatic carbocycles. The van der Waals surface area contributed by atoms with Crippen LogP contribution in [-0.4, -0.2) is 48.3 Å². The average Bonchev–Trinajstić information content (AvgIpc) is 3.07. The lowest BCUT2D eigenvalue weighted by molar-refractivity contribution is 0.0331. The molecule has 0 atom stereocenters. The zero-order chi connectivity index (χ0) is 17.2. The number of nitrogens with one attached hydrogen (secondary N) is 1. The van der Waals surface area contributed by atoms with Crippen molar-refractivity contribution in [3.63, 3.8) is 0 Å². The fourth-order valence-electron chi connectivity index (χ4n) is 2.93. The molecule has 0 radical (unpaired) electrons. The van der Waals surface area contributed by atoms with Crippen molar-refractivity contribution in [2.75, 3.05) is 33.4 Å². The summed E-state index contributed by atoms with van der Waals surface area (Å²) in [6.07, 6.45) is 0. The number of hydrogen-bond acceptors (Lipinski definition) is 6. The zero-order valence-corrected chi connectivity index (χ0v) is 14.8. The van der Waals surface area contributed by atoms with Gasteiger partial charge in [0.25, 0.3) is 5.56 Å². The highest BCUT2D eigenvalue weighted by atomic mass is 32.1. The standard InChI is InChI=1S/C18H19N3O3S/c1-23-13-4-2-12(3-5-13)15-10-14-17(25-15)18(22)20-16(19-14)11-21-6-8-24-9-7-21/h2-5,10H,6-9,11H2,1H3,(H,19,20,22). The SMILES string of the molecule is COc1ccc(-c2cc3nc(CN4CCOCC4)[nH]c(=O)c3s2)cc1. The molecular formula is C18H19N3O3S. The Hall–Kier alpha value is -2.22. The number of fused-ring (bicyclic) bond motifs is 1. The summed E-state index contributed by atoms with van der Waals surface area (Å²) in [5.41, 5.74) is 1.73. The lowest BCUT2D eigenvalue weighted by atomic mass is 10.2. The van der Waals surface area contributed by atoms with Gasteiger partial charge in [-0.1, -0.05) is 0 Å². The lowest BCUT2D eigenvalue weighted by Crippen LogP contribution is -2.36. The molecule has 3 heterocycles. The number of thiophene rings is 1. The first-order chi connectivity index (χ1) is 12.2. The number of ether oxygens (including phenoxy) is 2. The third-order valence-electron chi connectivity index (χ3n) is 4.28. The third-order valence-corrected chi connectivity index (χ3v) is 5.46. The number of aromatic nitrogens is 2. The van der Waals surface area contributed by atoms with Crippen LogP contribution in [0.5, 0.6) is 5.75 Å². The van der Waals surface area contributed by atoms with Gasteiger partial charge in [0.1, 0.15) is 16.3 Å². The van der Waals surface area contributed by atoms with Crippen LogP contribution in [0.2, 0.25) is 0 Å². The highest BCUT2D eigenvalue weighted by Crippen LogP contribution is 2.31. The molecule has 0 saturated carbocycles. The van der Waals surface area contributed by atoms with Crippen LogP contribution in [0.3, 0.4) is 0 Å². The maximum absolute atomic E-state index is 12.4. The minimum atomic E-state index is -0.0713. The van der Waals surface area contributed by atoms with Crippen molar-refractivity contribution < 1.29 is 9.47 Å². The van der Waals surface area contributed by atoms with E-state index in [1.807, 2.05) is 30.3 Å². The Bertz CT molecular complexity index is 927. The van der Waals surface area contributed by atoms with Gasteiger partial charge in [0, 0.05) is 18.0 Å². The molecule has 6 nitrogen and oxygen atoms in total. The maximum Gasteiger partial charge on any atom is 0.268 e. The zero-order valence-electron chi connectivity index (χ0n) is 13.9. The second kappa shape index (κ2) is 6.95. The van der Waals surface area contributed by atoms with Crippen molar-refractivity contribution >= 4 is 21.6 Å². The van der Waals surface area contributed by atoms with Crippen molar-refractivity contribution in [3.8, 4) is 16.2 Å². The number of benzene rings is 1. The van der Waals surface area contributed by atoms with E-state index in [-0.39, 0.29) is 5.56 Å². The van der Waals surface area contributed by atoms with Crippen molar-refractivity contribution in [1.82, 2.24) is 14.9 Å². The van der Waals surface area contributed by atoms with E-state index in [9.17, 15) is 4.79 Å². The summed E-state index contributed by atoms with van der Waals surface area (Å²) in [6, 6.07) is 9.81. The Morgan fingerprint density at radius 1 is 1.28 bits per heavy atom. The topological polar surface area (TPSA) is 67.5 Å². The second-order valence-electron chi connectivity index (χ2n) is 5.95. The van der Waals surface area contributed by atoms with Crippen LogP contribution in [0.15, 0.2) is 35.1 Å². The van der Waals surface area contributed by atoms with Gasteiger partial charge in [0.2, 0.25) is 0 Å². The molecule has 1 aromatic carbocycles. The quantitative estimate of drug-likeness (QED) is 0.777. The van der Waals surface area contributed by atoms with E-state index in [0.29, 0.717) is 17.1 Å². The van der Waals surface area contributed by atoms with Gasteiger partial charge in [-0.05, 0) is 35.9 Å². The van der Waals surface area contributed by atoms with Gasteiger partial charge in [0.15, 0.2) is 0 Å². The minimum absolute atomic E-state index is 0.0713. The first kappa shape index (κ1) is 16.3. The number of methoxy groups -OCH3 is 1. The molecule has 0 amide bonds. The van der Waals surface area contributed by atoms with Crippen LogP contribution < -0.4 is 10.3 Å². The molecule has 130 valence electrons. The molecule has 1 fully saturated rings. The fraction of sp³-hybridized carbons (Fsp3) is 0.333. The first-order valence-electron chi connectivity index (χ1n) is 8.20. The van der Waals surface area contributed by atoms with E-state index in [4.69, 9.17) is 9.47 Å². The van der Waals surface area contributed by atoms with Crippen LogP contribution in [0, 0.1) is 0 Å². The number of nitrogens with zero attached hydrogens (tertiary/aromatic N) is 2. The van der Waals surface area contributed by atoms with Gasteiger partial charge in [-0.2, -0.15) is 0 Å². The minimum Gasteiger partial charge on any atom is -0.497 e. The van der Waals surface area contributed by atoms with Gasteiger partial charge in [0.05, 0.1) is 32.4 Å². The van der Waals surface area contributed by atoms with Crippen LogP contribution in [0.25, 0.3) is 20.7 Å². The number of aromatic amines is 1. The van der Waals surface area contributed by atoms with E-state index in [2.05, 4.69) is 14.9 Å². The third kappa shape index (κ3) is 3.44. The number of morpholine rings is 1. The molecule has 7 heteroatoms. The maximum atomic E-state index is 12.4. The van der Waals surface area contributed by atoms with Crippen molar-refractivity contribution in [2.45, 2.75) is 6.54 Å². The van der Waals surface area contributed by atoms with Crippen LogP contribution >= 0.6 is 11.3 Å². The average molecular weight is 357 g/mol. The highest BCUT2D eigenvalue weighted by molar-refractivity contribution is 7.22. The lowest BCUT2D eigenvalue weighted by Gasteiger charge is -2.25. The highest BCUT2D eigenvalue weighted by Gasteiger charge is 2.14. The normalized spacial score (nSPS) is 15.6. The van der Waals surface area contributed by atoms with Crippen molar-refractivity contribution in [2.24, 2.45) is 0 Å². The van der Waals surface area contributed by atoms with Crippen molar-refractivity contribution in [1.29, 1.82) is 0 Å². The Labute approximate surface area is 149 Å². The molecule has 1 N–H and O–H groups in total. The summed E-state index contributed by atoms with van der Waals surface area (Å²) >= 11 is 1.46. The molecule has 2 aromatic heterocycles. The number of hydrogen-bond donors (Lipinski definition) is 1. The summed E-state index contributed by atoms with van der Waals surface area (Å²) in [6.45, 7) is 3.83. The number of rotatable bonds is 4. The predicted molar refractivity (Wildman–Crippen MR) is 98.3 cm³/mol. The van der Waals surface area contributed by atoms with Crippen LogP contribution in [0.1, 0.15) is 5.82 Å². The molecule has 4 rings (SSSR count). The Kier molecular flexibility index (Phi) is 4.52. The van der Waals surface area contributed by atoms with E-state index >= 15 is 0 Å². The number of H-pyrrole nitrogens is 1. The van der Waals surface area contributed by atoms with E-state index in [0.717, 1.165) is 48.0 Å². The largest absolute Gasteiger partial charge is 0.497 e. The van der Waals surface area contributed by atoms with Crippen LogP contribution in [0.4, 0.5) is 0 Å². The molecule has 25 heavy (non-hydrogen) atoms. The first-order valence-corrected chi connectivity index (χ1v) is 9.02.